The highest BCUT2D eigenvalue weighted by Gasteiger charge is 2.16. The summed E-state index contributed by atoms with van der Waals surface area (Å²) in [7, 11) is 0. The maximum absolute atomic E-state index is 6.24. The molecule has 0 spiro atoms. The second-order valence-corrected chi connectivity index (χ2v) is 15.0. The van der Waals surface area contributed by atoms with Crippen molar-refractivity contribution in [2.45, 2.75) is 6.92 Å². The predicted octanol–water partition coefficient (Wildman–Crippen LogP) is 15.9. The van der Waals surface area contributed by atoms with E-state index >= 15 is 0 Å². The minimum Gasteiger partial charge on any atom is -0.456 e. The number of benzene rings is 9. The van der Waals surface area contributed by atoms with E-state index in [2.05, 4.69) is 206 Å². The van der Waals surface area contributed by atoms with Crippen LogP contribution in [0.2, 0.25) is 0 Å². The van der Waals surface area contributed by atoms with Crippen molar-refractivity contribution in [2.24, 2.45) is 0 Å². The van der Waals surface area contributed by atoms with Gasteiger partial charge >= 0.3 is 0 Å². The fourth-order valence-corrected chi connectivity index (χ4v) is 8.37. The van der Waals surface area contributed by atoms with Crippen molar-refractivity contribution >= 4 is 60.9 Å². The molecule has 3 heteroatoms. The fourth-order valence-electron chi connectivity index (χ4n) is 8.37. The van der Waals surface area contributed by atoms with Crippen LogP contribution in [0.25, 0.3) is 88.4 Å². The molecule has 11 rings (SSSR count). The van der Waals surface area contributed by atoms with Gasteiger partial charge in [-0.1, -0.05) is 140 Å². The van der Waals surface area contributed by atoms with Crippen molar-refractivity contribution in [3.8, 4) is 44.5 Å². The molecule has 0 amide bonds. The van der Waals surface area contributed by atoms with Crippen LogP contribution in [-0.2, 0) is 0 Å². The monoisotopic (exact) mass is 743 g/mol. The molecular formula is C55H37NO2. The number of furan rings is 2. The van der Waals surface area contributed by atoms with Crippen LogP contribution < -0.4 is 4.90 Å². The zero-order chi connectivity index (χ0) is 38.6. The molecule has 0 N–H and O–H groups in total. The first-order chi connectivity index (χ1) is 28.6. The zero-order valence-corrected chi connectivity index (χ0v) is 31.9. The van der Waals surface area contributed by atoms with E-state index in [1.807, 2.05) is 12.1 Å². The molecule has 0 aliphatic carbocycles. The molecule has 0 radical (unpaired) electrons. The van der Waals surface area contributed by atoms with E-state index in [1.165, 1.54) is 22.3 Å². The molecule has 274 valence electrons. The van der Waals surface area contributed by atoms with Crippen LogP contribution in [0, 0.1) is 6.92 Å². The number of para-hydroxylation sites is 2. The number of hydrogen-bond acceptors (Lipinski definition) is 3. The van der Waals surface area contributed by atoms with E-state index in [0.29, 0.717) is 0 Å². The molecule has 0 bridgehead atoms. The number of rotatable bonds is 7. The van der Waals surface area contributed by atoms with E-state index in [-0.39, 0.29) is 0 Å². The lowest BCUT2D eigenvalue weighted by atomic mass is 9.99. The molecule has 0 unspecified atom stereocenters. The number of hydrogen-bond donors (Lipinski definition) is 0. The molecule has 2 aromatic heterocycles. The summed E-state index contributed by atoms with van der Waals surface area (Å²) in [5.41, 5.74) is 17.5. The summed E-state index contributed by atoms with van der Waals surface area (Å²) in [6, 6.07) is 73.5. The minimum atomic E-state index is 0.903. The Labute approximate surface area is 336 Å². The van der Waals surface area contributed by atoms with Crippen LogP contribution >= 0.6 is 0 Å². The normalized spacial score (nSPS) is 11.5. The van der Waals surface area contributed by atoms with Crippen LogP contribution in [0.5, 0.6) is 0 Å². The minimum absolute atomic E-state index is 0.903. The summed E-state index contributed by atoms with van der Waals surface area (Å²) in [6.45, 7) is 2.10. The average molecular weight is 744 g/mol. The molecule has 0 aliphatic heterocycles. The van der Waals surface area contributed by atoms with Gasteiger partial charge in [-0.3, -0.25) is 0 Å². The Balaban J connectivity index is 0.949. The summed E-state index contributed by atoms with van der Waals surface area (Å²) in [4.78, 5) is 2.33. The maximum atomic E-state index is 6.24. The summed E-state index contributed by atoms with van der Waals surface area (Å²) >= 11 is 0. The lowest BCUT2D eigenvalue weighted by Crippen LogP contribution is -2.09. The Hall–Kier alpha value is -7.62. The first kappa shape index (κ1) is 33.7. The van der Waals surface area contributed by atoms with Gasteiger partial charge in [0.05, 0.1) is 0 Å². The highest BCUT2D eigenvalue weighted by atomic mass is 16.3. The molecule has 9 aromatic carbocycles. The first-order valence-corrected chi connectivity index (χ1v) is 19.7. The standard InChI is InChI=1S/C55H37NO2/c1-36-8-7-12-49-51-35-44(25-33-54(51)58-55(36)49)42-22-30-47(31-23-42)56(45-26-18-40(19-27-45)39-16-14-38(15-17-39)37-9-3-2-4-10-37)46-28-20-41(21-29-46)43-24-32-53-50(34-43)48-11-5-6-13-52(48)57-53/h2-35H,1H3. The summed E-state index contributed by atoms with van der Waals surface area (Å²) < 4.78 is 12.4. The van der Waals surface area contributed by atoms with Gasteiger partial charge in [0.25, 0.3) is 0 Å². The van der Waals surface area contributed by atoms with Crippen molar-refractivity contribution in [3.05, 3.63) is 212 Å². The summed E-state index contributed by atoms with van der Waals surface area (Å²) in [5, 5.41) is 4.55. The van der Waals surface area contributed by atoms with Crippen molar-refractivity contribution in [1.82, 2.24) is 0 Å². The van der Waals surface area contributed by atoms with Crippen molar-refractivity contribution in [3.63, 3.8) is 0 Å². The van der Waals surface area contributed by atoms with E-state index in [9.17, 15) is 0 Å². The highest BCUT2D eigenvalue weighted by molar-refractivity contribution is 6.08. The van der Waals surface area contributed by atoms with Crippen LogP contribution in [0.4, 0.5) is 17.1 Å². The Bertz CT molecular complexity index is 3250. The average Bonchev–Trinajstić information content (AvgIpc) is 3.86. The fraction of sp³-hybridized carbons (Fsp3) is 0.0182. The lowest BCUT2D eigenvalue weighted by Gasteiger charge is -2.26. The van der Waals surface area contributed by atoms with Crippen molar-refractivity contribution in [2.75, 3.05) is 4.90 Å². The molecule has 2 heterocycles. The molecule has 58 heavy (non-hydrogen) atoms. The van der Waals surface area contributed by atoms with E-state index in [0.717, 1.165) is 88.8 Å². The van der Waals surface area contributed by atoms with Gasteiger partial charge in [-0.25, -0.2) is 0 Å². The molecule has 11 aromatic rings. The van der Waals surface area contributed by atoms with Crippen LogP contribution in [0.1, 0.15) is 5.56 Å². The van der Waals surface area contributed by atoms with Gasteiger partial charge in [-0.05, 0) is 124 Å². The van der Waals surface area contributed by atoms with Gasteiger partial charge in [0.2, 0.25) is 0 Å². The number of fused-ring (bicyclic) bond motifs is 6. The largest absolute Gasteiger partial charge is 0.456 e. The highest BCUT2D eigenvalue weighted by Crippen LogP contribution is 2.40. The van der Waals surface area contributed by atoms with Crippen molar-refractivity contribution in [1.29, 1.82) is 0 Å². The summed E-state index contributed by atoms with van der Waals surface area (Å²) in [5.74, 6) is 0. The molecule has 0 aliphatic rings. The molecular weight excluding hydrogens is 707 g/mol. The van der Waals surface area contributed by atoms with Gasteiger partial charge in [0.15, 0.2) is 0 Å². The molecule has 0 fully saturated rings. The molecule has 0 atom stereocenters. The Morgan fingerprint density at radius 2 is 0.690 bits per heavy atom. The van der Waals surface area contributed by atoms with E-state index < -0.39 is 0 Å². The Morgan fingerprint density at radius 3 is 1.26 bits per heavy atom. The SMILES string of the molecule is Cc1cccc2c1oc1ccc(-c3ccc(N(c4ccc(-c5ccc(-c6ccccc6)cc5)cc4)c4ccc(-c5ccc6oc7ccccc7c6c5)cc4)cc3)cc12. The molecule has 3 nitrogen and oxygen atoms in total. The second kappa shape index (κ2) is 13.8. The van der Waals surface area contributed by atoms with Gasteiger partial charge < -0.3 is 13.7 Å². The van der Waals surface area contributed by atoms with Crippen LogP contribution in [0.3, 0.4) is 0 Å². The smallest absolute Gasteiger partial charge is 0.138 e. The topological polar surface area (TPSA) is 29.5 Å². The van der Waals surface area contributed by atoms with E-state index in [1.54, 1.807) is 0 Å². The maximum Gasteiger partial charge on any atom is 0.138 e. The van der Waals surface area contributed by atoms with Gasteiger partial charge in [-0.15, -0.1) is 0 Å². The quantitative estimate of drug-likeness (QED) is 0.163. The number of aryl methyl sites for hydroxylation is 1. The number of nitrogens with zero attached hydrogens (tertiary/aromatic N) is 1. The Morgan fingerprint density at radius 1 is 0.293 bits per heavy atom. The van der Waals surface area contributed by atoms with Crippen LogP contribution in [-0.4, -0.2) is 0 Å². The predicted molar refractivity (Wildman–Crippen MR) is 242 cm³/mol. The second-order valence-electron chi connectivity index (χ2n) is 15.0. The molecule has 0 saturated heterocycles. The van der Waals surface area contributed by atoms with Crippen LogP contribution in [0.15, 0.2) is 215 Å². The Kier molecular flexibility index (Phi) is 8.04. The summed E-state index contributed by atoms with van der Waals surface area (Å²) in [6.07, 6.45) is 0. The third-order valence-corrected chi connectivity index (χ3v) is 11.4. The number of anilines is 3. The zero-order valence-electron chi connectivity index (χ0n) is 31.9. The van der Waals surface area contributed by atoms with E-state index in [4.69, 9.17) is 8.83 Å². The van der Waals surface area contributed by atoms with Crippen molar-refractivity contribution < 1.29 is 8.83 Å². The first-order valence-electron chi connectivity index (χ1n) is 19.7. The third-order valence-electron chi connectivity index (χ3n) is 11.4. The molecule has 0 saturated carbocycles. The van der Waals surface area contributed by atoms with Gasteiger partial charge in [0, 0.05) is 38.6 Å². The third kappa shape index (κ3) is 5.93. The lowest BCUT2D eigenvalue weighted by molar-refractivity contribution is 0.666. The van der Waals surface area contributed by atoms with Gasteiger partial charge in [0.1, 0.15) is 22.3 Å². The van der Waals surface area contributed by atoms with Gasteiger partial charge in [-0.2, -0.15) is 0 Å².